The van der Waals surface area contributed by atoms with Crippen LogP contribution in [0.3, 0.4) is 0 Å². The summed E-state index contributed by atoms with van der Waals surface area (Å²) in [5.41, 5.74) is 1.71. The predicted octanol–water partition coefficient (Wildman–Crippen LogP) is 5.59. The van der Waals surface area contributed by atoms with Crippen LogP contribution in [0.2, 0.25) is 0 Å². The molecule has 2 aliphatic rings. The number of amides is 1. The van der Waals surface area contributed by atoms with Gasteiger partial charge in [-0.3, -0.25) is 4.79 Å². The summed E-state index contributed by atoms with van der Waals surface area (Å²) in [5.74, 6) is 0.549. The second-order valence-corrected chi connectivity index (χ2v) is 10.1. The lowest BCUT2D eigenvalue weighted by Crippen LogP contribution is -2.16. The van der Waals surface area contributed by atoms with Crippen LogP contribution in [0.5, 0.6) is 0 Å². The van der Waals surface area contributed by atoms with Crippen molar-refractivity contribution in [2.45, 2.75) is 82.3 Å². The Hall–Kier alpha value is -1.01. The van der Waals surface area contributed by atoms with Crippen molar-refractivity contribution in [2.24, 2.45) is 0 Å². The highest BCUT2D eigenvalue weighted by Crippen LogP contribution is 2.37. The number of anilines is 1. The Balaban J connectivity index is 1.63. The summed E-state index contributed by atoms with van der Waals surface area (Å²) in [4.78, 5) is 26.1. The lowest BCUT2D eigenvalue weighted by Gasteiger charge is -2.20. The van der Waals surface area contributed by atoms with Gasteiger partial charge in [-0.1, -0.05) is 32.1 Å². The summed E-state index contributed by atoms with van der Waals surface area (Å²) in [6.07, 6.45) is 13.7. The van der Waals surface area contributed by atoms with Crippen molar-refractivity contribution in [1.29, 1.82) is 0 Å². The fourth-order valence-corrected chi connectivity index (χ4v) is 6.66. The van der Waals surface area contributed by atoms with Gasteiger partial charge in [-0.15, -0.1) is 11.3 Å². The Morgan fingerprint density at radius 1 is 1.07 bits per heavy atom. The Morgan fingerprint density at radius 2 is 1.78 bits per heavy atom. The lowest BCUT2D eigenvalue weighted by molar-refractivity contribution is -0.115. The zero-order valence-electron chi connectivity index (χ0n) is 16.3. The molecule has 1 fully saturated rings. The minimum Gasteiger partial charge on any atom is -0.465 e. The molecule has 3 rings (SSSR count). The molecule has 2 aliphatic carbocycles. The third-order valence-electron chi connectivity index (χ3n) is 5.55. The zero-order chi connectivity index (χ0) is 19.1. The minimum absolute atomic E-state index is 0.0117. The van der Waals surface area contributed by atoms with Gasteiger partial charge in [0.2, 0.25) is 5.91 Å². The van der Waals surface area contributed by atoms with Crippen LogP contribution in [0, 0.1) is 0 Å². The maximum atomic E-state index is 12.5. The highest BCUT2D eigenvalue weighted by Gasteiger charge is 2.26. The van der Waals surface area contributed by atoms with Crippen molar-refractivity contribution >= 4 is 40.0 Å². The molecule has 0 atom stereocenters. The number of thioether (sulfide) groups is 1. The number of esters is 1. The van der Waals surface area contributed by atoms with Crippen LogP contribution in [0.4, 0.5) is 5.00 Å². The van der Waals surface area contributed by atoms with E-state index in [0.29, 0.717) is 17.0 Å². The van der Waals surface area contributed by atoms with Crippen LogP contribution >= 0.6 is 23.1 Å². The molecule has 6 heteroatoms. The van der Waals surface area contributed by atoms with E-state index >= 15 is 0 Å². The van der Waals surface area contributed by atoms with E-state index in [-0.39, 0.29) is 11.9 Å². The first-order chi connectivity index (χ1) is 13.2. The standard InChI is InChI=1S/C21H31NO3S2/c1-25-21(24)19-16-11-7-2-3-8-12-17(16)27-20(19)22-18(23)13-14-26-15-9-5-4-6-10-15/h15H,2-14H2,1H3,(H,22,23). The van der Waals surface area contributed by atoms with Gasteiger partial charge in [0.25, 0.3) is 0 Å². The molecule has 0 unspecified atom stereocenters. The van der Waals surface area contributed by atoms with E-state index < -0.39 is 0 Å². The highest BCUT2D eigenvalue weighted by atomic mass is 32.2. The Morgan fingerprint density at radius 3 is 2.52 bits per heavy atom. The molecule has 1 N–H and O–H groups in total. The Kier molecular flexibility index (Phi) is 8.07. The number of rotatable bonds is 6. The van der Waals surface area contributed by atoms with Crippen LogP contribution in [0.25, 0.3) is 0 Å². The molecule has 150 valence electrons. The number of carbonyl (C=O) groups is 2. The molecule has 0 spiro atoms. The molecule has 1 amide bonds. The molecule has 4 nitrogen and oxygen atoms in total. The molecular formula is C21H31NO3S2. The quantitative estimate of drug-likeness (QED) is 0.622. The van der Waals surface area contributed by atoms with Gasteiger partial charge in [-0.25, -0.2) is 4.79 Å². The molecule has 1 aromatic heterocycles. The summed E-state index contributed by atoms with van der Waals surface area (Å²) < 4.78 is 5.03. The lowest BCUT2D eigenvalue weighted by atomic mass is 9.96. The molecule has 0 aliphatic heterocycles. The van der Waals surface area contributed by atoms with Gasteiger partial charge in [0.15, 0.2) is 0 Å². The number of hydrogen-bond acceptors (Lipinski definition) is 5. The summed E-state index contributed by atoms with van der Waals surface area (Å²) in [5, 5.41) is 4.44. The van der Waals surface area contributed by atoms with E-state index in [2.05, 4.69) is 5.32 Å². The maximum absolute atomic E-state index is 12.5. The second kappa shape index (κ2) is 10.5. The van der Waals surface area contributed by atoms with Crippen molar-refractivity contribution in [1.82, 2.24) is 0 Å². The maximum Gasteiger partial charge on any atom is 0.341 e. The first-order valence-corrected chi connectivity index (χ1v) is 12.2. The highest BCUT2D eigenvalue weighted by molar-refractivity contribution is 7.99. The number of hydrogen-bond donors (Lipinski definition) is 1. The van der Waals surface area contributed by atoms with Crippen LogP contribution in [-0.4, -0.2) is 30.0 Å². The van der Waals surface area contributed by atoms with Crippen LogP contribution < -0.4 is 5.32 Å². The van der Waals surface area contributed by atoms with E-state index in [9.17, 15) is 9.59 Å². The van der Waals surface area contributed by atoms with Crippen molar-refractivity contribution in [3.05, 3.63) is 16.0 Å². The van der Waals surface area contributed by atoms with E-state index in [0.717, 1.165) is 42.2 Å². The van der Waals surface area contributed by atoms with Gasteiger partial charge in [-0.2, -0.15) is 11.8 Å². The molecule has 1 aromatic rings. The molecule has 0 radical (unpaired) electrons. The van der Waals surface area contributed by atoms with Crippen LogP contribution in [0.15, 0.2) is 0 Å². The number of fused-ring (bicyclic) bond motifs is 1. The summed E-state index contributed by atoms with van der Waals surface area (Å²) in [7, 11) is 1.42. The van der Waals surface area contributed by atoms with E-state index in [1.807, 2.05) is 11.8 Å². The number of methoxy groups -OCH3 is 1. The van der Waals surface area contributed by atoms with E-state index in [1.165, 1.54) is 56.9 Å². The normalized spacial score (nSPS) is 18.3. The van der Waals surface area contributed by atoms with Crippen LogP contribution in [-0.2, 0) is 22.4 Å². The SMILES string of the molecule is COC(=O)c1c(NC(=O)CCSC2CCCCC2)sc2c1CCCCCC2. The number of nitrogens with one attached hydrogen (secondary N) is 1. The molecule has 0 bridgehead atoms. The van der Waals surface area contributed by atoms with Gasteiger partial charge < -0.3 is 10.1 Å². The average molecular weight is 410 g/mol. The van der Waals surface area contributed by atoms with E-state index in [1.54, 1.807) is 11.3 Å². The zero-order valence-corrected chi connectivity index (χ0v) is 17.9. The van der Waals surface area contributed by atoms with Crippen molar-refractivity contribution in [2.75, 3.05) is 18.2 Å². The smallest absolute Gasteiger partial charge is 0.341 e. The monoisotopic (exact) mass is 409 g/mol. The van der Waals surface area contributed by atoms with Crippen molar-refractivity contribution < 1.29 is 14.3 Å². The fourth-order valence-electron chi connectivity index (χ4n) is 4.06. The molecule has 0 saturated heterocycles. The number of aryl methyl sites for hydroxylation is 1. The van der Waals surface area contributed by atoms with Gasteiger partial charge in [0.1, 0.15) is 5.00 Å². The number of thiophene rings is 1. The Labute approximate surface area is 170 Å². The summed E-state index contributed by atoms with van der Waals surface area (Å²) in [6.45, 7) is 0. The largest absolute Gasteiger partial charge is 0.465 e. The van der Waals surface area contributed by atoms with Crippen molar-refractivity contribution in [3.63, 3.8) is 0 Å². The molecule has 1 heterocycles. The fraction of sp³-hybridized carbons (Fsp3) is 0.714. The third-order valence-corrected chi connectivity index (χ3v) is 8.14. The average Bonchev–Trinajstić information content (AvgIpc) is 2.98. The minimum atomic E-state index is -0.319. The van der Waals surface area contributed by atoms with Crippen LogP contribution in [0.1, 0.15) is 85.0 Å². The molecule has 0 aromatic carbocycles. The summed E-state index contributed by atoms with van der Waals surface area (Å²) in [6, 6.07) is 0. The predicted molar refractivity (Wildman–Crippen MR) is 114 cm³/mol. The first-order valence-electron chi connectivity index (χ1n) is 10.3. The number of ether oxygens (including phenoxy) is 1. The summed E-state index contributed by atoms with van der Waals surface area (Å²) >= 11 is 3.51. The van der Waals surface area contributed by atoms with Gasteiger partial charge in [0, 0.05) is 22.3 Å². The van der Waals surface area contributed by atoms with Gasteiger partial charge in [0.05, 0.1) is 12.7 Å². The number of carbonyl (C=O) groups excluding carboxylic acids is 2. The molecular weight excluding hydrogens is 378 g/mol. The molecule has 27 heavy (non-hydrogen) atoms. The third kappa shape index (κ3) is 5.74. The van der Waals surface area contributed by atoms with E-state index in [4.69, 9.17) is 4.74 Å². The molecule has 1 saturated carbocycles. The second-order valence-electron chi connectivity index (χ2n) is 7.54. The van der Waals surface area contributed by atoms with Gasteiger partial charge in [-0.05, 0) is 44.1 Å². The topological polar surface area (TPSA) is 55.4 Å². The van der Waals surface area contributed by atoms with Gasteiger partial charge >= 0.3 is 5.97 Å². The van der Waals surface area contributed by atoms with Crippen molar-refractivity contribution in [3.8, 4) is 0 Å². The first kappa shape index (κ1) is 20.7. The Bertz CT molecular complexity index is 650.